The number of halogens is 1. The maximum Gasteiger partial charge on any atom is 0.251 e. The summed E-state index contributed by atoms with van der Waals surface area (Å²) in [5, 5.41) is 1.16. The number of imide groups is 1. The second-order valence-electron chi connectivity index (χ2n) is 7.59. The fourth-order valence-electron chi connectivity index (χ4n) is 4.29. The van der Waals surface area contributed by atoms with Crippen LogP contribution >= 0.6 is 11.3 Å². The molecule has 5 nitrogen and oxygen atoms in total. The van der Waals surface area contributed by atoms with Crippen LogP contribution in [-0.2, 0) is 9.59 Å². The lowest BCUT2D eigenvalue weighted by Gasteiger charge is -2.34. The number of hydrogen-bond acceptors (Lipinski definition) is 5. The second-order valence-corrected chi connectivity index (χ2v) is 8.66. The van der Waals surface area contributed by atoms with Gasteiger partial charge in [0.05, 0.1) is 33.4 Å². The maximum absolute atomic E-state index is 13.2. The standard InChI is InChI=1S/C22H20FN3O2S/c23-15-5-7-16(8-6-15)26-20(27)13-18(22(26)28)25-11-9-14(10-12-25)21-24-17-3-1-2-4-19(17)29-21/h1-8,14,18H,9-13H2/t18-/m0/s1. The van der Waals surface area contributed by atoms with Gasteiger partial charge in [-0.25, -0.2) is 14.3 Å². The number of benzene rings is 2. The number of aromatic nitrogens is 1. The average molecular weight is 409 g/mol. The summed E-state index contributed by atoms with van der Waals surface area (Å²) in [6, 6.07) is 13.2. The summed E-state index contributed by atoms with van der Waals surface area (Å²) in [6.07, 6.45) is 2.03. The van der Waals surface area contributed by atoms with Crippen molar-refractivity contribution in [1.82, 2.24) is 9.88 Å². The summed E-state index contributed by atoms with van der Waals surface area (Å²) >= 11 is 1.75. The Labute approximate surface area is 171 Å². The summed E-state index contributed by atoms with van der Waals surface area (Å²) in [5.41, 5.74) is 1.48. The van der Waals surface area contributed by atoms with Crippen molar-refractivity contribution >= 4 is 39.1 Å². The first kappa shape index (κ1) is 18.4. The van der Waals surface area contributed by atoms with Crippen LogP contribution in [-0.4, -0.2) is 40.8 Å². The molecule has 0 unspecified atom stereocenters. The molecule has 3 heterocycles. The molecule has 0 spiro atoms. The molecule has 29 heavy (non-hydrogen) atoms. The summed E-state index contributed by atoms with van der Waals surface area (Å²) in [6.45, 7) is 1.53. The molecule has 2 amide bonds. The number of rotatable bonds is 3. The lowest BCUT2D eigenvalue weighted by atomic mass is 9.96. The van der Waals surface area contributed by atoms with E-state index >= 15 is 0 Å². The number of carbonyl (C=O) groups excluding carboxylic acids is 2. The zero-order chi connectivity index (χ0) is 20.0. The Hall–Kier alpha value is -2.64. The molecule has 0 bridgehead atoms. The fraction of sp³-hybridized carbons (Fsp3) is 0.318. The van der Waals surface area contributed by atoms with E-state index in [9.17, 15) is 14.0 Å². The average Bonchev–Trinajstić information content (AvgIpc) is 3.30. The van der Waals surface area contributed by atoms with Crippen molar-refractivity contribution in [3.05, 3.63) is 59.4 Å². The SMILES string of the molecule is O=C1C[C@H](N2CCC(c3nc4ccccc4s3)CC2)C(=O)N1c1ccc(F)cc1. The van der Waals surface area contributed by atoms with Crippen LogP contribution in [0.15, 0.2) is 48.5 Å². The van der Waals surface area contributed by atoms with Crippen LogP contribution in [0.25, 0.3) is 10.2 Å². The van der Waals surface area contributed by atoms with Gasteiger partial charge in [0.15, 0.2) is 0 Å². The van der Waals surface area contributed by atoms with Crippen molar-refractivity contribution in [2.45, 2.75) is 31.2 Å². The molecule has 7 heteroatoms. The highest BCUT2D eigenvalue weighted by Crippen LogP contribution is 2.35. The molecule has 2 aliphatic heterocycles. The predicted octanol–water partition coefficient (Wildman–Crippen LogP) is 3.95. The monoisotopic (exact) mass is 409 g/mol. The van der Waals surface area contributed by atoms with Crippen LogP contribution in [0.4, 0.5) is 10.1 Å². The molecule has 2 saturated heterocycles. The number of likely N-dealkylation sites (tertiary alicyclic amines) is 1. The molecule has 2 aromatic carbocycles. The summed E-state index contributed by atoms with van der Waals surface area (Å²) in [7, 11) is 0. The molecule has 0 radical (unpaired) electrons. The Morgan fingerprint density at radius 1 is 1.00 bits per heavy atom. The first-order valence-electron chi connectivity index (χ1n) is 9.82. The Morgan fingerprint density at radius 2 is 1.72 bits per heavy atom. The van der Waals surface area contributed by atoms with E-state index in [2.05, 4.69) is 11.0 Å². The van der Waals surface area contributed by atoms with E-state index in [0.717, 1.165) is 36.5 Å². The van der Waals surface area contributed by atoms with E-state index in [1.807, 2.05) is 18.2 Å². The van der Waals surface area contributed by atoms with Crippen molar-refractivity contribution in [1.29, 1.82) is 0 Å². The molecule has 2 aliphatic rings. The van der Waals surface area contributed by atoms with Crippen LogP contribution in [0.5, 0.6) is 0 Å². The zero-order valence-corrected chi connectivity index (χ0v) is 16.6. The number of amides is 2. The van der Waals surface area contributed by atoms with Gasteiger partial charge in [0.1, 0.15) is 5.82 Å². The Kier molecular flexibility index (Phi) is 4.64. The van der Waals surface area contributed by atoms with E-state index < -0.39 is 6.04 Å². The van der Waals surface area contributed by atoms with Gasteiger partial charge in [-0.3, -0.25) is 14.5 Å². The quantitative estimate of drug-likeness (QED) is 0.615. The van der Waals surface area contributed by atoms with Gasteiger partial charge in [-0.05, 0) is 62.3 Å². The molecule has 0 N–H and O–H groups in total. The van der Waals surface area contributed by atoms with Crippen molar-refractivity contribution < 1.29 is 14.0 Å². The van der Waals surface area contributed by atoms with Gasteiger partial charge in [0, 0.05) is 5.92 Å². The van der Waals surface area contributed by atoms with E-state index in [4.69, 9.17) is 4.98 Å². The number of carbonyl (C=O) groups is 2. The van der Waals surface area contributed by atoms with E-state index in [0.29, 0.717) is 11.6 Å². The highest BCUT2D eigenvalue weighted by molar-refractivity contribution is 7.18. The number of para-hydroxylation sites is 1. The van der Waals surface area contributed by atoms with Crippen LogP contribution in [0.1, 0.15) is 30.2 Å². The second kappa shape index (κ2) is 7.31. The third-order valence-electron chi connectivity index (χ3n) is 5.84. The lowest BCUT2D eigenvalue weighted by molar-refractivity contribution is -0.123. The van der Waals surface area contributed by atoms with Gasteiger partial charge in [-0.2, -0.15) is 0 Å². The molecule has 3 aromatic rings. The third kappa shape index (κ3) is 3.34. The van der Waals surface area contributed by atoms with Crippen LogP contribution < -0.4 is 4.90 Å². The van der Waals surface area contributed by atoms with Crippen molar-refractivity contribution in [3.8, 4) is 0 Å². The molecule has 1 aromatic heterocycles. The van der Waals surface area contributed by atoms with Crippen molar-refractivity contribution in [2.24, 2.45) is 0 Å². The van der Waals surface area contributed by atoms with Crippen LogP contribution in [0, 0.1) is 5.82 Å². The molecule has 0 aliphatic carbocycles. The number of piperidine rings is 1. The minimum Gasteiger partial charge on any atom is -0.291 e. The van der Waals surface area contributed by atoms with E-state index in [-0.39, 0.29) is 24.1 Å². The number of hydrogen-bond donors (Lipinski definition) is 0. The van der Waals surface area contributed by atoms with Crippen LogP contribution in [0.2, 0.25) is 0 Å². The van der Waals surface area contributed by atoms with Gasteiger partial charge in [-0.15, -0.1) is 11.3 Å². The number of anilines is 1. The topological polar surface area (TPSA) is 53.5 Å². The first-order valence-corrected chi connectivity index (χ1v) is 10.6. The van der Waals surface area contributed by atoms with Crippen molar-refractivity contribution in [2.75, 3.05) is 18.0 Å². The van der Waals surface area contributed by atoms with Crippen molar-refractivity contribution in [3.63, 3.8) is 0 Å². The van der Waals surface area contributed by atoms with Gasteiger partial charge in [0.2, 0.25) is 5.91 Å². The van der Waals surface area contributed by atoms with Crippen LogP contribution in [0.3, 0.4) is 0 Å². The molecule has 1 atom stereocenters. The fourth-order valence-corrected chi connectivity index (χ4v) is 5.42. The Bertz CT molecular complexity index is 1040. The molecule has 5 rings (SSSR count). The van der Waals surface area contributed by atoms with Gasteiger partial charge < -0.3 is 0 Å². The Morgan fingerprint density at radius 3 is 2.45 bits per heavy atom. The lowest BCUT2D eigenvalue weighted by Crippen LogP contribution is -2.45. The Balaban J connectivity index is 1.27. The molecule has 0 saturated carbocycles. The maximum atomic E-state index is 13.2. The zero-order valence-electron chi connectivity index (χ0n) is 15.8. The first-order chi connectivity index (χ1) is 14.1. The summed E-state index contributed by atoms with van der Waals surface area (Å²) in [4.78, 5) is 33.5. The number of fused-ring (bicyclic) bond motifs is 1. The number of nitrogens with zero attached hydrogens (tertiary/aromatic N) is 3. The summed E-state index contributed by atoms with van der Waals surface area (Å²) < 4.78 is 14.4. The van der Waals surface area contributed by atoms with E-state index in [1.54, 1.807) is 11.3 Å². The minimum atomic E-state index is -0.427. The molecule has 2 fully saturated rings. The van der Waals surface area contributed by atoms with Gasteiger partial charge >= 0.3 is 0 Å². The summed E-state index contributed by atoms with van der Waals surface area (Å²) in [5.74, 6) is -0.426. The largest absolute Gasteiger partial charge is 0.291 e. The highest BCUT2D eigenvalue weighted by Gasteiger charge is 2.43. The number of thiazole rings is 1. The molecular formula is C22H20FN3O2S. The normalized spacial score (nSPS) is 21.4. The van der Waals surface area contributed by atoms with Gasteiger partial charge in [-0.1, -0.05) is 12.1 Å². The molecular weight excluding hydrogens is 389 g/mol. The smallest absolute Gasteiger partial charge is 0.251 e. The predicted molar refractivity (Wildman–Crippen MR) is 110 cm³/mol. The van der Waals surface area contributed by atoms with E-state index in [1.165, 1.54) is 33.9 Å². The third-order valence-corrected chi connectivity index (χ3v) is 7.04. The minimum absolute atomic E-state index is 0.183. The van der Waals surface area contributed by atoms with Gasteiger partial charge in [0.25, 0.3) is 5.91 Å². The highest BCUT2D eigenvalue weighted by atomic mass is 32.1. The molecule has 148 valence electrons.